The molecule has 0 aromatic rings. The van der Waals surface area contributed by atoms with Crippen molar-refractivity contribution in [2.45, 2.75) is 6.04 Å². The van der Waals surface area contributed by atoms with E-state index in [1.54, 1.807) is 11.8 Å². The van der Waals surface area contributed by atoms with Crippen molar-refractivity contribution >= 4 is 27.5 Å². The predicted octanol–water partition coefficient (Wildman–Crippen LogP) is -1.19. The van der Waals surface area contributed by atoms with Gasteiger partial charge in [-0.3, -0.25) is 10.1 Å². The summed E-state index contributed by atoms with van der Waals surface area (Å²) in [7, 11) is -2.98. The van der Waals surface area contributed by atoms with Crippen LogP contribution in [0.1, 0.15) is 0 Å². The number of carbonyl (C=O) groups is 1. The lowest BCUT2D eigenvalue weighted by Gasteiger charge is -2.09. The number of carbonyl (C=O) groups excluding carboxylic acids is 1. The Hall–Kier alpha value is -0.270. The molecule has 0 saturated carbocycles. The van der Waals surface area contributed by atoms with Crippen molar-refractivity contribution in [3.63, 3.8) is 0 Å². The molecule has 0 aromatic carbocycles. The van der Waals surface area contributed by atoms with Gasteiger partial charge in [0, 0.05) is 24.4 Å². The first kappa shape index (κ1) is 11.8. The van der Waals surface area contributed by atoms with Crippen LogP contribution in [0.3, 0.4) is 0 Å². The molecule has 0 radical (unpaired) electrons. The van der Waals surface area contributed by atoms with Crippen LogP contribution in [0.4, 0.5) is 0 Å². The van der Waals surface area contributed by atoms with E-state index in [0.29, 0.717) is 0 Å². The predicted molar refractivity (Wildman–Crippen MR) is 57.0 cm³/mol. The second kappa shape index (κ2) is 4.99. The molecule has 5 nitrogen and oxygen atoms in total. The summed E-state index contributed by atoms with van der Waals surface area (Å²) in [5.41, 5.74) is 0. The highest BCUT2D eigenvalue weighted by molar-refractivity contribution is 7.99. The molecule has 14 heavy (non-hydrogen) atoms. The second-order valence-corrected chi connectivity index (χ2v) is 6.48. The first-order valence-electron chi connectivity index (χ1n) is 4.25. The molecule has 1 aliphatic rings. The zero-order valence-corrected chi connectivity index (χ0v) is 9.58. The minimum Gasteiger partial charge on any atom is -0.354 e. The van der Waals surface area contributed by atoms with Crippen molar-refractivity contribution in [1.29, 1.82) is 0 Å². The molecule has 7 heteroatoms. The molecule has 0 aliphatic carbocycles. The molecular formula is C7H14N2O3S2. The zero-order valence-electron chi connectivity index (χ0n) is 7.95. The lowest BCUT2D eigenvalue weighted by atomic mass is 10.3. The van der Waals surface area contributed by atoms with Gasteiger partial charge in [0.1, 0.15) is 9.84 Å². The summed E-state index contributed by atoms with van der Waals surface area (Å²) in [6, 6.07) is -0.167. The van der Waals surface area contributed by atoms with Crippen LogP contribution in [-0.4, -0.2) is 50.5 Å². The molecule has 1 fully saturated rings. The third-order valence-electron chi connectivity index (χ3n) is 1.80. The van der Waals surface area contributed by atoms with E-state index in [2.05, 4.69) is 10.6 Å². The molecule has 1 saturated heterocycles. The zero-order chi connectivity index (χ0) is 10.6. The topological polar surface area (TPSA) is 75.3 Å². The van der Waals surface area contributed by atoms with Crippen LogP contribution in [0.25, 0.3) is 0 Å². The molecular weight excluding hydrogens is 224 g/mol. The Bertz CT molecular complexity index is 296. The van der Waals surface area contributed by atoms with E-state index in [4.69, 9.17) is 0 Å². The van der Waals surface area contributed by atoms with Crippen LogP contribution < -0.4 is 10.6 Å². The van der Waals surface area contributed by atoms with E-state index in [-0.39, 0.29) is 24.2 Å². The van der Waals surface area contributed by atoms with E-state index >= 15 is 0 Å². The van der Waals surface area contributed by atoms with Gasteiger partial charge in [-0.1, -0.05) is 0 Å². The van der Waals surface area contributed by atoms with Gasteiger partial charge in [-0.05, 0) is 0 Å². The summed E-state index contributed by atoms with van der Waals surface area (Å²) < 4.78 is 21.5. The number of amides is 1. The van der Waals surface area contributed by atoms with Crippen molar-refractivity contribution in [3.8, 4) is 0 Å². The Balaban J connectivity index is 2.21. The molecule has 1 unspecified atom stereocenters. The Kier molecular flexibility index (Phi) is 4.21. The number of hydrogen-bond donors (Lipinski definition) is 2. The average molecular weight is 238 g/mol. The van der Waals surface area contributed by atoms with Gasteiger partial charge in [0.2, 0.25) is 5.91 Å². The number of hydrogen-bond acceptors (Lipinski definition) is 5. The normalized spacial score (nSPS) is 22.2. The van der Waals surface area contributed by atoms with E-state index in [9.17, 15) is 13.2 Å². The van der Waals surface area contributed by atoms with Crippen LogP contribution in [0.5, 0.6) is 0 Å². The Morgan fingerprint density at radius 3 is 2.86 bits per heavy atom. The summed E-state index contributed by atoms with van der Waals surface area (Å²) >= 11 is 1.66. The van der Waals surface area contributed by atoms with E-state index in [0.717, 1.165) is 17.9 Å². The fourth-order valence-electron chi connectivity index (χ4n) is 1.05. The minimum atomic E-state index is -2.98. The van der Waals surface area contributed by atoms with Crippen LogP contribution >= 0.6 is 11.8 Å². The van der Waals surface area contributed by atoms with E-state index in [1.807, 2.05) is 0 Å². The fourth-order valence-corrected chi connectivity index (χ4v) is 2.46. The molecule has 2 N–H and O–H groups in total. The molecule has 1 atom stereocenters. The fraction of sp³-hybridized carbons (Fsp3) is 0.857. The molecule has 1 rings (SSSR count). The third-order valence-corrected chi connectivity index (χ3v) is 3.69. The SMILES string of the molecule is CS(=O)(=O)CCNC(=O)C1CSCN1. The van der Waals surface area contributed by atoms with Crippen molar-refractivity contribution in [3.05, 3.63) is 0 Å². The lowest BCUT2D eigenvalue weighted by molar-refractivity contribution is -0.122. The van der Waals surface area contributed by atoms with Crippen LogP contribution in [-0.2, 0) is 14.6 Å². The molecule has 1 aliphatic heterocycles. The highest BCUT2D eigenvalue weighted by Crippen LogP contribution is 2.08. The molecule has 1 amide bonds. The smallest absolute Gasteiger partial charge is 0.238 e. The van der Waals surface area contributed by atoms with Gasteiger partial charge in [-0.2, -0.15) is 0 Å². The van der Waals surface area contributed by atoms with Crippen LogP contribution in [0.15, 0.2) is 0 Å². The number of thioether (sulfide) groups is 1. The summed E-state index contributed by atoms with van der Waals surface area (Å²) in [5.74, 6) is 1.42. The molecule has 0 bridgehead atoms. The van der Waals surface area contributed by atoms with Gasteiger partial charge < -0.3 is 5.32 Å². The second-order valence-electron chi connectivity index (χ2n) is 3.19. The maximum Gasteiger partial charge on any atom is 0.238 e. The quantitative estimate of drug-likeness (QED) is 0.644. The van der Waals surface area contributed by atoms with Gasteiger partial charge in [0.05, 0.1) is 11.8 Å². The average Bonchev–Trinajstić information content (AvgIpc) is 2.53. The molecule has 0 spiro atoms. The monoisotopic (exact) mass is 238 g/mol. The largest absolute Gasteiger partial charge is 0.354 e. The van der Waals surface area contributed by atoms with Gasteiger partial charge in [0.15, 0.2) is 0 Å². The molecule has 1 heterocycles. The number of sulfone groups is 1. The van der Waals surface area contributed by atoms with Crippen molar-refractivity contribution in [2.24, 2.45) is 0 Å². The van der Waals surface area contributed by atoms with Crippen LogP contribution in [0, 0.1) is 0 Å². The first-order chi connectivity index (χ1) is 6.49. The van der Waals surface area contributed by atoms with E-state index < -0.39 is 9.84 Å². The van der Waals surface area contributed by atoms with Gasteiger partial charge in [0.25, 0.3) is 0 Å². The summed E-state index contributed by atoms with van der Waals surface area (Å²) in [5, 5.41) is 5.59. The molecule has 82 valence electrons. The molecule has 0 aromatic heterocycles. The third kappa shape index (κ3) is 4.30. The van der Waals surface area contributed by atoms with Gasteiger partial charge in [-0.25, -0.2) is 8.42 Å². The number of rotatable bonds is 4. The van der Waals surface area contributed by atoms with Crippen molar-refractivity contribution in [1.82, 2.24) is 10.6 Å². The highest BCUT2D eigenvalue weighted by Gasteiger charge is 2.21. The van der Waals surface area contributed by atoms with Crippen LogP contribution in [0.2, 0.25) is 0 Å². The van der Waals surface area contributed by atoms with E-state index in [1.165, 1.54) is 0 Å². The highest BCUT2D eigenvalue weighted by atomic mass is 32.2. The van der Waals surface area contributed by atoms with Crippen molar-refractivity contribution < 1.29 is 13.2 Å². The maximum absolute atomic E-state index is 11.3. The van der Waals surface area contributed by atoms with Gasteiger partial charge >= 0.3 is 0 Å². The Labute approximate surface area is 87.9 Å². The lowest BCUT2D eigenvalue weighted by Crippen LogP contribution is -2.43. The minimum absolute atomic E-state index is 0.00139. The summed E-state index contributed by atoms with van der Waals surface area (Å²) in [4.78, 5) is 11.3. The first-order valence-corrected chi connectivity index (χ1v) is 7.47. The summed E-state index contributed by atoms with van der Waals surface area (Å²) in [6.07, 6.45) is 1.16. The Morgan fingerprint density at radius 2 is 2.36 bits per heavy atom. The standard InChI is InChI=1S/C7H14N2O3S2/c1-14(11,12)3-2-8-7(10)6-4-13-5-9-6/h6,9H,2-5H2,1H3,(H,8,10). The summed E-state index contributed by atoms with van der Waals surface area (Å²) in [6.45, 7) is 0.195. The maximum atomic E-state index is 11.3. The van der Waals surface area contributed by atoms with Crippen molar-refractivity contribution in [2.75, 3.05) is 30.2 Å². The van der Waals surface area contributed by atoms with Gasteiger partial charge in [-0.15, -0.1) is 11.8 Å². The number of nitrogens with one attached hydrogen (secondary N) is 2. The Morgan fingerprint density at radius 1 is 1.64 bits per heavy atom.